The molecule has 0 amide bonds. The Kier molecular flexibility index (Phi) is 2.65. The Morgan fingerprint density at radius 2 is 1.69 bits per heavy atom. The highest BCUT2D eigenvalue weighted by Gasteiger charge is 2.54. The number of hydrogen-bond donors (Lipinski definition) is 0. The van der Waals surface area contributed by atoms with E-state index in [1.165, 1.54) is 25.7 Å². The molecule has 2 heteroatoms. The summed E-state index contributed by atoms with van der Waals surface area (Å²) >= 11 is 2.69. The highest BCUT2D eigenvalue weighted by molar-refractivity contribution is 14.1. The SMILES string of the molecule is CC(C)C1(I)CC2(CCOCC2)C1. The molecular weight excluding hydrogens is 275 g/mol. The van der Waals surface area contributed by atoms with Gasteiger partial charge in [-0.1, -0.05) is 36.4 Å². The van der Waals surface area contributed by atoms with Crippen LogP contribution in [0, 0.1) is 11.3 Å². The van der Waals surface area contributed by atoms with Crippen LogP contribution < -0.4 is 0 Å². The van der Waals surface area contributed by atoms with Crippen LogP contribution in [0.2, 0.25) is 0 Å². The van der Waals surface area contributed by atoms with Crippen LogP contribution in [-0.4, -0.2) is 16.6 Å². The van der Waals surface area contributed by atoms with E-state index in [-0.39, 0.29) is 0 Å². The molecule has 0 aromatic heterocycles. The molecule has 0 N–H and O–H groups in total. The lowest BCUT2D eigenvalue weighted by Crippen LogP contribution is -2.53. The van der Waals surface area contributed by atoms with Gasteiger partial charge in [0.1, 0.15) is 0 Å². The van der Waals surface area contributed by atoms with E-state index in [0.29, 0.717) is 8.84 Å². The normalized spacial score (nSPS) is 30.5. The van der Waals surface area contributed by atoms with Crippen molar-refractivity contribution in [3.63, 3.8) is 0 Å². The minimum atomic E-state index is 0.606. The number of ether oxygens (including phenoxy) is 1. The van der Waals surface area contributed by atoms with Gasteiger partial charge in [0.2, 0.25) is 0 Å². The van der Waals surface area contributed by atoms with Gasteiger partial charge in [0.25, 0.3) is 0 Å². The molecule has 1 nitrogen and oxygen atoms in total. The molecular formula is C11H19IO. The van der Waals surface area contributed by atoms with Gasteiger partial charge in [0, 0.05) is 16.6 Å². The number of hydrogen-bond acceptors (Lipinski definition) is 1. The van der Waals surface area contributed by atoms with E-state index >= 15 is 0 Å². The Balaban J connectivity index is 1.94. The zero-order chi connectivity index (χ0) is 9.53. The van der Waals surface area contributed by atoms with Crippen molar-refractivity contribution in [2.24, 2.45) is 11.3 Å². The Morgan fingerprint density at radius 3 is 2.15 bits per heavy atom. The van der Waals surface area contributed by atoms with Crippen molar-refractivity contribution < 1.29 is 4.74 Å². The summed E-state index contributed by atoms with van der Waals surface area (Å²) in [5.41, 5.74) is 0.684. The first-order chi connectivity index (χ1) is 6.06. The lowest BCUT2D eigenvalue weighted by Gasteiger charge is -2.57. The molecule has 1 aliphatic heterocycles. The van der Waals surface area contributed by atoms with Gasteiger partial charge in [-0.3, -0.25) is 0 Å². The molecule has 1 aliphatic carbocycles. The first kappa shape index (κ1) is 10.2. The summed E-state index contributed by atoms with van der Waals surface area (Å²) in [4.78, 5) is 0. The molecule has 2 rings (SSSR count). The van der Waals surface area contributed by atoms with Crippen LogP contribution in [-0.2, 0) is 4.74 Å². The Bertz CT molecular complexity index is 186. The van der Waals surface area contributed by atoms with Gasteiger partial charge >= 0.3 is 0 Å². The molecule has 0 atom stereocenters. The third kappa shape index (κ3) is 1.76. The molecule has 0 bridgehead atoms. The first-order valence-electron chi connectivity index (χ1n) is 5.33. The minimum absolute atomic E-state index is 0.606. The zero-order valence-electron chi connectivity index (χ0n) is 8.61. The lowest BCUT2D eigenvalue weighted by atomic mass is 9.55. The summed E-state index contributed by atoms with van der Waals surface area (Å²) in [6.07, 6.45) is 5.48. The molecule has 2 fully saturated rings. The van der Waals surface area contributed by atoms with E-state index in [1.54, 1.807) is 0 Å². The van der Waals surface area contributed by atoms with Gasteiger partial charge in [-0.05, 0) is 37.0 Å². The Labute approximate surface area is 94.8 Å². The van der Waals surface area contributed by atoms with Gasteiger partial charge in [-0.25, -0.2) is 0 Å². The molecule has 0 radical (unpaired) electrons. The van der Waals surface area contributed by atoms with Crippen LogP contribution in [0.4, 0.5) is 0 Å². The van der Waals surface area contributed by atoms with Crippen LogP contribution in [0.1, 0.15) is 39.5 Å². The summed E-state index contributed by atoms with van der Waals surface area (Å²) in [5.74, 6) is 0.835. The maximum absolute atomic E-state index is 5.43. The van der Waals surface area contributed by atoms with Crippen molar-refractivity contribution in [2.75, 3.05) is 13.2 Å². The molecule has 0 aromatic rings. The van der Waals surface area contributed by atoms with Crippen LogP contribution in [0.3, 0.4) is 0 Å². The highest BCUT2D eigenvalue weighted by Crippen LogP contribution is 2.61. The van der Waals surface area contributed by atoms with E-state index in [4.69, 9.17) is 4.74 Å². The Hall–Kier alpha value is 0.690. The largest absolute Gasteiger partial charge is 0.381 e. The second-order valence-corrected chi connectivity index (χ2v) is 7.30. The average molecular weight is 294 g/mol. The van der Waals surface area contributed by atoms with Gasteiger partial charge in [-0.15, -0.1) is 0 Å². The van der Waals surface area contributed by atoms with E-state index < -0.39 is 0 Å². The van der Waals surface area contributed by atoms with Gasteiger partial charge in [0.15, 0.2) is 0 Å². The first-order valence-corrected chi connectivity index (χ1v) is 6.41. The molecule has 0 aromatic carbocycles. The molecule has 0 unspecified atom stereocenters. The van der Waals surface area contributed by atoms with Gasteiger partial charge in [-0.2, -0.15) is 0 Å². The number of rotatable bonds is 1. The van der Waals surface area contributed by atoms with Crippen molar-refractivity contribution in [2.45, 2.75) is 43.0 Å². The van der Waals surface area contributed by atoms with Crippen LogP contribution >= 0.6 is 22.6 Å². The molecule has 13 heavy (non-hydrogen) atoms. The van der Waals surface area contributed by atoms with Crippen LogP contribution in [0.5, 0.6) is 0 Å². The van der Waals surface area contributed by atoms with Gasteiger partial charge in [0.05, 0.1) is 0 Å². The summed E-state index contributed by atoms with van der Waals surface area (Å²) < 4.78 is 6.03. The second-order valence-electron chi connectivity index (χ2n) is 5.16. The fraction of sp³-hybridized carbons (Fsp3) is 1.00. The number of halogens is 1. The van der Waals surface area contributed by atoms with Crippen LogP contribution in [0.25, 0.3) is 0 Å². The fourth-order valence-electron chi connectivity index (χ4n) is 2.76. The average Bonchev–Trinajstić information content (AvgIpc) is 2.03. The maximum Gasteiger partial charge on any atom is 0.0471 e. The topological polar surface area (TPSA) is 9.23 Å². The molecule has 1 heterocycles. The molecule has 1 saturated heterocycles. The summed E-state index contributed by atoms with van der Waals surface area (Å²) in [5, 5.41) is 0. The smallest absolute Gasteiger partial charge is 0.0471 e. The van der Waals surface area contributed by atoms with Crippen molar-refractivity contribution in [3.05, 3.63) is 0 Å². The predicted octanol–water partition coefficient (Wildman–Crippen LogP) is 3.41. The van der Waals surface area contributed by atoms with E-state index in [0.717, 1.165) is 19.1 Å². The molecule has 1 spiro atoms. The van der Waals surface area contributed by atoms with E-state index in [2.05, 4.69) is 36.4 Å². The Morgan fingerprint density at radius 1 is 1.15 bits per heavy atom. The van der Waals surface area contributed by atoms with Crippen molar-refractivity contribution in [1.82, 2.24) is 0 Å². The van der Waals surface area contributed by atoms with Crippen molar-refractivity contribution >= 4 is 22.6 Å². The standard InChI is InChI=1S/C11H19IO/c1-9(2)11(12)7-10(8-11)3-5-13-6-4-10/h9H,3-8H2,1-2H3. The molecule has 1 saturated carbocycles. The monoisotopic (exact) mass is 294 g/mol. The summed E-state index contributed by atoms with van der Waals surface area (Å²) in [6.45, 7) is 6.73. The molecule has 76 valence electrons. The second kappa shape index (κ2) is 3.37. The quantitative estimate of drug-likeness (QED) is 0.532. The fourth-order valence-corrected chi connectivity index (χ4v) is 4.38. The third-order valence-electron chi connectivity index (χ3n) is 3.93. The predicted molar refractivity (Wildman–Crippen MR) is 63.3 cm³/mol. The molecule has 2 aliphatic rings. The van der Waals surface area contributed by atoms with E-state index in [9.17, 15) is 0 Å². The minimum Gasteiger partial charge on any atom is -0.381 e. The third-order valence-corrected chi connectivity index (χ3v) is 5.93. The van der Waals surface area contributed by atoms with Gasteiger partial charge < -0.3 is 4.74 Å². The zero-order valence-corrected chi connectivity index (χ0v) is 10.8. The van der Waals surface area contributed by atoms with Crippen LogP contribution in [0.15, 0.2) is 0 Å². The van der Waals surface area contributed by atoms with E-state index in [1.807, 2.05) is 0 Å². The number of alkyl halides is 1. The summed E-state index contributed by atoms with van der Waals surface area (Å²) in [6, 6.07) is 0. The van der Waals surface area contributed by atoms with Crippen molar-refractivity contribution in [1.29, 1.82) is 0 Å². The highest BCUT2D eigenvalue weighted by atomic mass is 127. The lowest BCUT2D eigenvalue weighted by molar-refractivity contribution is -0.0517. The summed E-state index contributed by atoms with van der Waals surface area (Å²) in [7, 11) is 0. The van der Waals surface area contributed by atoms with Crippen molar-refractivity contribution in [3.8, 4) is 0 Å². The maximum atomic E-state index is 5.43.